The molecule has 0 aliphatic carbocycles. The SMILES string of the molecule is CC(=O)O/C(C=O)=C\c1ccccc1. The third-order valence-electron chi connectivity index (χ3n) is 1.49. The van der Waals surface area contributed by atoms with Gasteiger partial charge in [-0.1, -0.05) is 30.3 Å². The van der Waals surface area contributed by atoms with Crippen LogP contribution in [0.2, 0.25) is 0 Å². The second-order valence-electron chi connectivity index (χ2n) is 2.67. The molecule has 72 valence electrons. The molecule has 0 atom stereocenters. The van der Waals surface area contributed by atoms with Crippen LogP contribution in [0, 0.1) is 0 Å². The number of allylic oxidation sites excluding steroid dienone is 1. The largest absolute Gasteiger partial charge is 0.423 e. The van der Waals surface area contributed by atoms with Gasteiger partial charge in [-0.15, -0.1) is 0 Å². The number of carbonyl (C=O) groups excluding carboxylic acids is 2. The summed E-state index contributed by atoms with van der Waals surface area (Å²) in [6.07, 6.45) is 2.02. The van der Waals surface area contributed by atoms with E-state index < -0.39 is 5.97 Å². The minimum Gasteiger partial charge on any atom is -0.423 e. The number of rotatable bonds is 3. The average Bonchev–Trinajstić information content (AvgIpc) is 2.17. The number of benzene rings is 1. The van der Waals surface area contributed by atoms with Crippen LogP contribution >= 0.6 is 0 Å². The summed E-state index contributed by atoms with van der Waals surface area (Å²) in [5.74, 6) is -0.483. The van der Waals surface area contributed by atoms with Crippen LogP contribution in [0.1, 0.15) is 12.5 Å². The van der Waals surface area contributed by atoms with Gasteiger partial charge in [0.25, 0.3) is 0 Å². The second kappa shape index (κ2) is 4.97. The van der Waals surface area contributed by atoms with Crippen molar-refractivity contribution in [1.82, 2.24) is 0 Å². The first-order valence-electron chi connectivity index (χ1n) is 4.12. The first-order valence-corrected chi connectivity index (χ1v) is 4.12. The van der Waals surface area contributed by atoms with Crippen LogP contribution in [0.5, 0.6) is 0 Å². The summed E-state index contributed by atoms with van der Waals surface area (Å²) in [7, 11) is 0. The molecule has 3 nitrogen and oxygen atoms in total. The Labute approximate surface area is 82.0 Å². The van der Waals surface area contributed by atoms with Gasteiger partial charge in [0.05, 0.1) is 0 Å². The maximum absolute atomic E-state index is 10.6. The molecule has 0 amide bonds. The first kappa shape index (κ1) is 10.2. The summed E-state index contributed by atoms with van der Waals surface area (Å²) in [4.78, 5) is 21.1. The highest BCUT2D eigenvalue weighted by Gasteiger charge is 1.99. The zero-order valence-corrected chi connectivity index (χ0v) is 7.77. The Morgan fingerprint density at radius 2 is 1.93 bits per heavy atom. The topological polar surface area (TPSA) is 43.4 Å². The number of aldehydes is 1. The van der Waals surface area contributed by atoms with E-state index in [0.717, 1.165) is 5.56 Å². The Morgan fingerprint density at radius 1 is 1.29 bits per heavy atom. The molecule has 1 aromatic rings. The van der Waals surface area contributed by atoms with E-state index in [9.17, 15) is 9.59 Å². The molecule has 0 aliphatic rings. The second-order valence-corrected chi connectivity index (χ2v) is 2.67. The molecular weight excluding hydrogens is 180 g/mol. The van der Waals surface area contributed by atoms with Crippen molar-refractivity contribution < 1.29 is 14.3 Å². The summed E-state index contributed by atoms with van der Waals surface area (Å²) in [6, 6.07) is 9.16. The van der Waals surface area contributed by atoms with Crippen molar-refractivity contribution in [2.45, 2.75) is 6.92 Å². The molecule has 0 bridgehead atoms. The molecule has 3 heteroatoms. The van der Waals surface area contributed by atoms with Crippen LogP contribution in [0.25, 0.3) is 6.08 Å². The van der Waals surface area contributed by atoms with E-state index in [1.807, 2.05) is 30.3 Å². The van der Waals surface area contributed by atoms with E-state index in [0.29, 0.717) is 6.29 Å². The van der Waals surface area contributed by atoms with E-state index in [1.54, 1.807) is 0 Å². The highest BCUT2D eigenvalue weighted by atomic mass is 16.5. The van der Waals surface area contributed by atoms with Crippen molar-refractivity contribution in [2.75, 3.05) is 0 Å². The fourth-order valence-corrected chi connectivity index (χ4v) is 0.967. The molecule has 1 rings (SSSR count). The molecule has 0 aromatic heterocycles. The first-order chi connectivity index (χ1) is 6.72. The van der Waals surface area contributed by atoms with Crippen LogP contribution in [-0.2, 0) is 14.3 Å². The minimum absolute atomic E-state index is 0.0173. The number of ether oxygens (including phenoxy) is 1. The maximum Gasteiger partial charge on any atom is 0.308 e. The van der Waals surface area contributed by atoms with E-state index in [4.69, 9.17) is 0 Å². The Morgan fingerprint density at radius 3 is 2.43 bits per heavy atom. The highest BCUT2D eigenvalue weighted by molar-refractivity contribution is 5.83. The van der Waals surface area contributed by atoms with Gasteiger partial charge in [0.15, 0.2) is 12.0 Å². The summed E-state index contributed by atoms with van der Waals surface area (Å²) in [6.45, 7) is 1.25. The normalized spacial score (nSPS) is 10.8. The predicted octanol–water partition coefficient (Wildman–Crippen LogP) is 1.79. The van der Waals surface area contributed by atoms with Gasteiger partial charge < -0.3 is 4.74 Å². The van der Waals surface area contributed by atoms with Crippen LogP contribution in [0.15, 0.2) is 36.1 Å². The fraction of sp³-hybridized carbons (Fsp3) is 0.0909. The lowest BCUT2D eigenvalue weighted by Crippen LogP contribution is -1.99. The van der Waals surface area contributed by atoms with Gasteiger partial charge in [-0.3, -0.25) is 9.59 Å². The van der Waals surface area contributed by atoms with E-state index in [-0.39, 0.29) is 5.76 Å². The smallest absolute Gasteiger partial charge is 0.308 e. The van der Waals surface area contributed by atoms with Crippen molar-refractivity contribution in [3.8, 4) is 0 Å². The van der Waals surface area contributed by atoms with Gasteiger partial charge >= 0.3 is 5.97 Å². The highest BCUT2D eigenvalue weighted by Crippen LogP contribution is 2.05. The van der Waals surface area contributed by atoms with Crippen molar-refractivity contribution >= 4 is 18.3 Å². The Hall–Kier alpha value is -1.90. The van der Waals surface area contributed by atoms with Gasteiger partial charge in [-0.2, -0.15) is 0 Å². The molecular formula is C11H10O3. The zero-order chi connectivity index (χ0) is 10.4. The maximum atomic E-state index is 10.6. The summed E-state index contributed by atoms with van der Waals surface area (Å²) < 4.78 is 4.66. The molecule has 0 N–H and O–H groups in total. The van der Waals surface area contributed by atoms with Crippen molar-refractivity contribution in [1.29, 1.82) is 0 Å². The third kappa shape index (κ3) is 3.23. The number of esters is 1. The van der Waals surface area contributed by atoms with Crippen LogP contribution in [0.3, 0.4) is 0 Å². The fourth-order valence-electron chi connectivity index (χ4n) is 0.967. The van der Waals surface area contributed by atoms with Crippen molar-refractivity contribution in [3.63, 3.8) is 0 Å². The summed E-state index contributed by atoms with van der Waals surface area (Å²) in [5.41, 5.74) is 0.816. The lowest BCUT2D eigenvalue weighted by atomic mass is 10.2. The molecule has 0 fully saturated rings. The molecule has 1 aromatic carbocycles. The van der Waals surface area contributed by atoms with Gasteiger partial charge in [0.2, 0.25) is 0 Å². The number of hydrogen-bond acceptors (Lipinski definition) is 3. The van der Waals surface area contributed by atoms with E-state index >= 15 is 0 Å². The molecule has 0 radical (unpaired) electrons. The lowest BCUT2D eigenvalue weighted by Gasteiger charge is -1.98. The van der Waals surface area contributed by atoms with Gasteiger partial charge in [-0.05, 0) is 11.6 Å². The van der Waals surface area contributed by atoms with Crippen LogP contribution < -0.4 is 0 Å². The van der Waals surface area contributed by atoms with Crippen molar-refractivity contribution in [2.24, 2.45) is 0 Å². The monoisotopic (exact) mass is 190 g/mol. The Balaban J connectivity index is 2.84. The molecule has 0 spiro atoms. The van der Waals surface area contributed by atoms with Crippen molar-refractivity contribution in [3.05, 3.63) is 41.7 Å². The third-order valence-corrected chi connectivity index (χ3v) is 1.49. The molecule has 14 heavy (non-hydrogen) atoms. The molecule has 0 unspecified atom stereocenters. The van der Waals surface area contributed by atoms with Gasteiger partial charge in [-0.25, -0.2) is 0 Å². The zero-order valence-electron chi connectivity index (χ0n) is 7.77. The van der Waals surface area contributed by atoms with E-state index in [1.165, 1.54) is 13.0 Å². The average molecular weight is 190 g/mol. The van der Waals surface area contributed by atoms with E-state index in [2.05, 4.69) is 4.74 Å². The molecule has 0 heterocycles. The van der Waals surface area contributed by atoms with Gasteiger partial charge in [0.1, 0.15) is 0 Å². The Kier molecular flexibility index (Phi) is 3.61. The summed E-state index contributed by atoms with van der Waals surface area (Å²) >= 11 is 0. The molecule has 0 aliphatic heterocycles. The summed E-state index contributed by atoms with van der Waals surface area (Å²) in [5, 5.41) is 0. The quantitative estimate of drug-likeness (QED) is 0.316. The predicted molar refractivity (Wildman–Crippen MR) is 52.2 cm³/mol. The Bertz CT molecular complexity index is 352. The lowest BCUT2D eigenvalue weighted by molar-refractivity contribution is -0.138. The minimum atomic E-state index is -0.501. The standard InChI is InChI=1S/C11H10O3/c1-9(13)14-11(8-12)7-10-5-3-2-4-6-10/h2-8H,1H3/b11-7-. The van der Waals surface area contributed by atoms with Gasteiger partial charge in [0, 0.05) is 6.92 Å². The number of hydrogen-bond donors (Lipinski definition) is 0. The van der Waals surface area contributed by atoms with Crippen LogP contribution in [0.4, 0.5) is 0 Å². The molecule has 0 saturated carbocycles. The molecule has 0 saturated heterocycles. The van der Waals surface area contributed by atoms with Crippen LogP contribution in [-0.4, -0.2) is 12.3 Å². The number of carbonyl (C=O) groups is 2.